The molecule has 26 heavy (non-hydrogen) atoms. The van der Waals surface area contributed by atoms with Crippen molar-refractivity contribution in [2.75, 3.05) is 13.7 Å². The SMILES string of the molecule is COC1CC(C(=O)O)N(C(=O)c2cc(C)n(-c3cccc(C)c3)c2C)C1. The van der Waals surface area contributed by atoms with Crippen molar-refractivity contribution in [1.82, 2.24) is 9.47 Å². The molecule has 1 aromatic carbocycles. The highest BCUT2D eigenvalue weighted by Crippen LogP contribution is 2.27. The van der Waals surface area contributed by atoms with Gasteiger partial charge in [-0.25, -0.2) is 4.79 Å². The monoisotopic (exact) mass is 356 g/mol. The van der Waals surface area contributed by atoms with Crippen LogP contribution in [0.25, 0.3) is 5.69 Å². The number of ether oxygens (including phenoxy) is 1. The van der Waals surface area contributed by atoms with Crippen LogP contribution in [0.1, 0.15) is 33.7 Å². The number of nitrogens with zero attached hydrogens (tertiary/aromatic N) is 2. The second kappa shape index (κ2) is 6.96. The number of carboxylic acids is 1. The van der Waals surface area contributed by atoms with E-state index in [1.165, 1.54) is 4.90 Å². The minimum atomic E-state index is -0.995. The second-order valence-electron chi connectivity index (χ2n) is 6.86. The number of methoxy groups -OCH3 is 1. The lowest BCUT2D eigenvalue weighted by atomic mass is 10.1. The molecule has 0 saturated carbocycles. The first-order valence-electron chi connectivity index (χ1n) is 8.66. The van der Waals surface area contributed by atoms with Crippen LogP contribution < -0.4 is 0 Å². The van der Waals surface area contributed by atoms with Gasteiger partial charge in [0.25, 0.3) is 5.91 Å². The van der Waals surface area contributed by atoms with Gasteiger partial charge in [0.15, 0.2) is 0 Å². The molecule has 1 aliphatic rings. The molecule has 1 amide bonds. The van der Waals surface area contributed by atoms with Crippen molar-refractivity contribution >= 4 is 11.9 Å². The van der Waals surface area contributed by atoms with Crippen LogP contribution in [-0.2, 0) is 9.53 Å². The maximum absolute atomic E-state index is 13.1. The molecule has 138 valence electrons. The number of likely N-dealkylation sites (tertiary alicyclic amines) is 1. The first-order valence-corrected chi connectivity index (χ1v) is 8.66. The van der Waals surface area contributed by atoms with E-state index in [2.05, 4.69) is 6.07 Å². The maximum Gasteiger partial charge on any atom is 0.326 e. The highest BCUT2D eigenvalue weighted by molar-refractivity contribution is 5.98. The highest BCUT2D eigenvalue weighted by Gasteiger charge is 2.40. The van der Waals surface area contributed by atoms with Gasteiger partial charge in [0.1, 0.15) is 6.04 Å². The zero-order chi connectivity index (χ0) is 19.0. The molecule has 2 atom stereocenters. The van der Waals surface area contributed by atoms with Gasteiger partial charge in [0.05, 0.1) is 11.7 Å². The van der Waals surface area contributed by atoms with Gasteiger partial charge >= 0.3 is 5.97 Å². The number of carbonyl (C=O) groups is 2. The second-order valence-corrected chi connectivity index (χ2v) is 6.86. The summed E-state index contributed by atoms with van der Waals surface area (Å²) < 4.78 is 7.31. The van der Waals surface area contributed by atoms with Gasteiger partial charge in [0.2, 0.25) is 0 Å². The average molecular weight is 356 g/mol. The standard InChI is InChI=1S/C20H24N2O4/c1-12-6-5-7-15(8-12)22-13(2)9-17(14(22)3)19(23)21-11-16(26-4)10-18(21)20(24)25/h5-9,16,18H,10-11H2,1-4H3,(H,24,25). The summed E-state index contributed by atoms with van der Waals surface area (Å²) in [6.45, 7) is 6.15. The van der Waals surface area contributed by atoms with Gasteiger partial charge in [-0.1, -0.05) is 12.1 Å². The van der Waals surface area contributed by atoms with Gasteiger partial charge in [-0.3, -0.25) is 4.79 Å². The molecule has 1 aromatic heterocycles. The predicted octanol–water partition coefficient (Wildman–Crippen LogP) is 2.72. The zero-order valence-corrected chi connectivity index (χ0v) is 15.5. The normalized spacial score (nSPS) is 19.8. The van der Waals surface area contributed by atoms with Crippen molar-refractivity contribution in [3.8, 4) is 5.69 Å². The smallest absolute Gasteiger partial charge is 0.326 e. The number of aryl methyl sites for hydroxylation is 2. The Balaban J connectivity index is 1.98. The summed E-state index contributed by atoms with van der Waals surface area (Å²) in [6.07, 6.45) is 0.0640. The Morgan fingerprint density at radius 1 is 1.19 bits per heavy atom. The van der Waals surface area contributed by atoms with Gasteiger partial charge in [-0.15, -0.1) is 0 Å². The largest absolute Gasteiger partial charge is 0.480 e. The van der Waals surface area contributed by atoms with E-state index in [9.17, 15) is 14.7 Å². The maximum atomic E-state index is 13.1. The number of hydrogen-bond donors (Lipinski definition) is 1. The van der Waals surface area contributed by atoms with Crippen LogP contribution in [0.5, 0.6) is 0 Å². The quantitative estimate of drug-likeness (QED) is 0.914. The van der Waals surface area contributed by atoms with Gasteiger partial charge in [-0.05, 0) is 44.5 Å². The molecular weight excluding hydrogens is 332 g/mol. The van der Waals surface area contributed by atoms with Gasteiger partial charge in [0, 0.05) is 37.2 Å². The number of carbonyl (C=O) groups excluding carboxylic acids is 1. The van der Waals surface area contributed by atoms with E-state index in [1.54, 1.807) is 7.11 Å². The summed E-state index contributed by atoms with van der Waals surface area (Å²) in [5, 5.41) is 9.48. The van der Waals surface area contributed by atoms with E-state index in [1.807, 2.05) is 49.6 Å². The first-order chi connectivity index (χ1) is 12.3. The molecule has 1 aliphatic heterocycles. The Labute approximate surface area is 153 Å². The van der Waals surface area contributed by atoms with Crippen molar-refractivity contribution in [2.24, 2.45) is 0 Å². The van der Waals surface area contributed by atoms with Crippen molar-refractivity contribution in [2.45, 2.75) is 39.3 Å². The fourth-order valence-electron chi connectivity index (χ4n) is 3.73. The van der Waals surface area contributed by atoms with Crippen LogP contribution in [0.4, 0.5) is 0 Å². The lowest BCUT2D eigenvalue weighted by molar-refractivity contribution is -0.141. The topological polar surface area (TPSA) is 71.8 Å². The van der Waals surface area contributed by atoms with E-state index in [-0.39, 0.29) is 12.0 Å². The van der Waals surface area contributed by atoms with E-state index in [4.69, 9.17) is 4.74 Å². The Hall–Kier alpha value is -2.60. The number of amides is 1. The molecule has 1 saturated heterocycles. The zero-order valence-electron chi connectivity index (χ0n) is 15.5. The highest BCUT2D eigenvalue weighted by atomic mass is 16.5. The molecule has 1 N–H and O–H groups in total. The molecule has 6 heteroatoms. The lowest BCUT2D eigenvalue weighted by Crippen LogP contribution is -2.40. The average Bonchev–Trinajstić information content (AvgIpc) is 3.15. The third kappa shape index (κ3) is 3.12. The number of carboxylic acid groups (broad SMARTS) is 1. The molecule has 0 spiro atoms. The Kier molecular flexibility index (Phi) is 4.87. The molecular formula is C20H24N2O4. The number of aromatic nitrogens is 1. The number of aliphatic carboxylic acids is 1. The third-order valence-corrected chi connectivity index (χ3v) is 5.06. The van der Waals surface area contributed by atoms with Crippen LogP contribution in [0.15, 0.2) is 30.3 Å². The van der Waals surface area contributed by atoms with Crippen LogP contribution in [-0.4, -0.2) is 52.3 Å². The summed E-state index contributed by atoms with van der Waals surface area (Å²) in [5.74, 6) is -1.26. The van der Waals surface area contributed by atoms with Crippen molar-refractivity contribution in [1.29, 1.82) is 0 Å². The van der Waals surface area contributed by atoms with Gasteiger partial charge < -0.3 is 19.3 Å². The fraction of sp³-hybridized carbons (Fsp3) is 0.400. The minimum Gasteiger partial charge on any atom is -0.480 e. The molecule has 0 aliphatic carbocycles. The summed E-state index contributed by atoms with van der Waals surface area (Å²) in [5.41, 5.74) is 4.40. The summed E-state index contributed by atoms with van der Waals surface area (Å²) in [4.78, 5) is 26.1. The Morgan fingerprint density at radius 3 is 2.54 bits per heavy atom. The van der Waals surface area contributed by atoms with E-state index in [0.29, 0.717) is 18.5 Å². The van der Waals surface area contributed by atoms with Crippen LogP contribution >= 0.6 is 0 Å². The first kappa shape index (κ1) is 18.2. The number of rotatable bonds is 4. The minimum absolute atomic E-state index is 0.250. The summed E-state index contributed by atoms with van der Waals surface area (Å²) in [7, 11) is 1.54. The van der Waals surface area contributed by atoms with Crippen LogP contribution in [0.2, 0.25) is 0 Å². The third-order valence-electron chi connectivity index (χ3n) is 5.06. The van der Waals surface area contributed by atoms with E-state index >= 15 is 0 Å². The number of hydrogen-bond acceptors (Lipinski definition) is 3. The van der Waals surface area contributed by atoms with Crippen LogP contribution in [0.3, 0.4) is 0 Å². The van der Waals surface area contributed by atoms with Crippen molar-refractivity contribution in [3.05, 3.63) is 52.8 Å². The Bertz CT molecular complexity index is 855. The molecule has 0 radical (unpaired) electrons. The van der Waals surface area contributed by atoms with Crippen molar-refractivity contribution in [3.63, 3.8) is 0 Å². The van der Waals surface area contributed by atoms with Crippen LogP contribution in [0, 0.1) is 20.8 Å². The molecule has 0 bridgehead atoms. The predicted molar refractivity (Wildman–Crippen MR) is 97.9 cm³/mol. The summed E-state index contributed by atoms with van der Waals surface area (Å²) in [6, 6.07) is 9.04. The lowest BCUT2D eigenvalue weighted by Gasteiger charge is -2.21. The van der Waals surface area contributed by atoms with E-state index < -0.39 is 12.0 Å². The number of benzene rings is 1. The molecule has 2 unspecified atom stereocenters. The Morgan fingerprint density at radius 2 is 1.92 bits per heavy atom. The molecule has 6 nitrogen and oxygen atoms in total. The molecule has 3 rings (SSSR count). The fourth-order valence-corrected chi connectivity index (χ4v) is 3.73. The molecule has 1 fully saturated rings. The van der Waals surface area contributed by atoms with Gasteiger partial charge in [-0.2, -0.15) is 0 Å². The molecule has 2 aromatic rings. The van der Waals surface area contributed by atoms with Crippen molar-refractivity contribution < 1.29 is 19.4 Å². The summed E-state index contributed by atoms with van der Waals surface area (Å²) >= 11 is 0. The van der Waals surface area contributed by atoms with E-state index in [0.717, 1.165) is 22.6 Å². The molecule has 2 heterocycles.